The molecule has 22 heavy (non-hydrogen) atoms. The van der Waals surface area contributed by atoms with Crippen LogP contribution in [-0.4, -0.2) is 50.9 Å². The average Bonchev–Trinajstić information content (AvgIpc) is 2.70. The minimum Gasteiger partial charge on any atom is -0.386 e. The number of rotatable bonds is 7. The van der Waals surface area contributed by atoms with E-state index in [1.807, 2.05) is 13.8 Å². The molecule has 3 atom stereocenters. The molecule has 0 spiro atoms. The van der Waals surface area contributed by atoms with E-state index < -0.39 is 21.0 Å². The summed E-state index contributed by atoms with van der Waals surface area (Å²) in [5.41, 5.74) is -2.34. The minimum atomic E-state index is -3.65. The Morgan fingerprint density at radius 3 is 2.55 bits per heavy atom. The van der Waals surface area contributed by atoms with Crippen molar-refractivity contribution < 1.29 is 23.1 Å². The van der Waals surface area contributed by atoms with E-state index in [4.69, 9.17) is 4.74 Å². The van der Waals surface area contributed by atoms with Gasteiger partial charge in [-0.1, -0.05) is 13.8 Å². The van der Waals surface area contributed by atoms with E-state index in [1.165, 1.54) is 14.0 Å². The second-order valence-corrected chi connectivity index (χ2v) is 9.48. The molecule has 2 bridgehead atoms. The van der Waals surface area contributed by atoms with Gasteiger partial charge < -0.3 is 9.84 Å². The van der Waals surface area contributed by atoms with E-state index >= 15 is 0 Å². The third kappa shape index (κ3) is 2.96. The van der Waals surface area contributed by atoms with Gasteiger partial charge in [-0.05, 0) is 31.1 Å². The Morgan fingerprint density at radius 2 is 2.09 bits per heavy atom. The lowest BCUT2D eigenvalue weighted by Crippen LogP contribution is -2.49. The summed E-state index contributed by atoms with van der Waals surface area (Å²) in [5.74, 6) is 0.167. The number of carbonyl (C=O) groups is 1. The van der Waals surface area contributed by atoms with E-state index in [9.17, 15) is 18.3 Å². The first-order valence-corrected chi connectivity index (χ1v) is 9.33. The molecule has 2 fully saturated rings. The highest BCUT2D eigenvalue weighted by atomic mass is 32.2. The Bertz CT molecular complexity index is 554. The van der Waals surface area contributed by atoms with Crippen molar-refractivity contribution in [3.63, 3.8) is 0 Å². The largest absolute Gasteiger partial charge is 0.386 e. The molecule has 0 aromatic carbocycles. The second kappa shape index (κ2) is 5.54. The van der Waals surface area contributed by atoms with E-state index in [0.29, 0.717) is 12.8 Å². The molecule has 2 rings (SSSR count). The maximum atomic E-state index is 12.4. The molecule has 0 aromatic rings. The maximum Gasteiger partial charge on any atom is 0.212 e. The van der Waals surface area contributed by atoms with Crippen LogP contribution in [0.2, 0.25) is 0 Å². The zero-order chi connectivity index (χ0) is 16.8. The number of hydrogen-bond acceptors (Lipinski definition) is 5. The highest BCUT2D eigenvalue weighted by Gasteiger charge is 2.65. The van der Waals surface area contributed by atoms with Crippen LogP contribution in [0, 0.1) is 16.7 Å². The molecule has 3 unspecified atom stereocenters. The standard InChI is InChI=1S/C15H27NO5S/c1-13(2)11-5-6-15(13,12(17)7-11)10-22(19,20)16-8-14(3,18)9-21-4/h11,16,18H,5-10H2,1-4H3. The van der Waals surface area contributed by atoms with E-state index in [1.54, 1.807) is 0 Å². The third-order valence-corrected chi connectivity index (χ3v) is 7.16. The van der Waals surface area contributed by atoms with Gasteiger partial charge in [-0.2, -0.15) is 0 Å². The molecule has 0 aliphatic heterocycles. The lowest BCUT2D eigenvalue weighted by Gasteiger charge is -2.36. The molecule has 0 radical (unpaired) electrons. The van der Waals surface area contributed by atoms with Gasteiger partial charge in [0.05, 0.1) is 18.0 Å². The van der Waals surface area contributed by atoms with Crippen molar-refractivity contribution >= 4 is 15.8 Å². The average molecular weight is 333 g/mol. The Kier molecular flexibility index (Phi) is 4.50. The van der Waals surface area contributed by atoms with Crippen molar-refractivity contribution in [2.24, 2.45) is 16.7 Å². The SMILES string of the molecule is COCC(C)(O)CNS(=O)(=O)CC12CCC(CC1=O)C2(C)C. The Labute approximate surface area is 132 Å². The van der Waals surface area contributed by atoms with Crippen LogP contribution in [0.3, 0.4) is 0 Å². The first-order chi connectivity index (χ1) is 9.96. The van der Waals surface area contributed by atoms with Crippen molar-refractivity contribution in [1.29, 1.82) is 0 Å². The fraction of sp³-hybridized carbons (Fsp3) is 0.933. The number of Topliss-reactive ketones (excluding diaryl/α,β-unsaturated/α-hetero) is 1. The third-order valence-electron chi connectivity index (χ3n) is 5.70. The first kappa shape index (κ1) is 17.8. The quantitative estimate of drug-likeness (QED) is 0.715. The van der Waals surface area contributed by atoms with Crippen LogP contribution < -0.4 is 4.72 Å². The monoisotopic (exact) mass is 333 g/mol. The Balaban J connectivity index is 2.11. The molecule has 0 saturated heterocycles. The number of ketones is 1. The Morgan fingerprint density at radius 1 is 1.45 bits per heavy atom. The van der Waals surface area contributed by atoms with E-state index in [-0.39, 0.29) is 36.0 Å². The number of hydrogen-bond donors (Lipinski definition) is 2. The molecular formula is C15H27NO5S. The van der Waals surface area contributed by atoms with Crippen LogP contribution in [0.25, 0.3) is 0 Å². The fourth-order valence-electron chi connectivity index (χ4n) is 4.11. The molecule has 2 aliphatic rings. The molecule has 2 aliphatic carbocycles. The lowest BCUT2D eigenvalue weighted by atomic mass is 9.70. The van der Waals surface area contributed by atoms with Gasteiger partial charge in [0, 0.05) is 25.5 Å². The van der Waals surface area contributed by atoms with Crippen molar-refractivity contribution in [1.82, 2.24) is 4.72 Å². The topological polar surface area (TPSA) is 92.7 Å². The molecular weight excluding hydrogens is 306 g/mol. The number of ether oxygens (including phenoxy) is 1. The van der Waals surface area contributed by atoms with Crippen molar-refractivity contribution in [3.05, 3.63) is 0 Å². The van der Waals surface area contributed by atoms with Gasteiger partial charge in [-0.3, -0.25) is 4.79 Å². The van der Waals surface area contributed by atoms with Gasteiger partial charge >= 0.3 is 0 Å². The van der Waals surface area contributed by atoms with Gasteiger partial charge in [0.15, 0.2) is 0 Å². The number of aliphatic hydroxyl groups is 1. The number of methoxy groups -OCH3 is 1. The van der Waals surface area contributed by atoms with Gasteiger partial charge in [0.2, 0.25) is 10.0 Å². The Hall–Kier alpha value is -0.500. The van der Waals surface area contributed by atoms with Crippen LogP contribution in [0.15, 0.2) is 0 Å². The van der Waals surface area contributed by atoms with Crippen LogP contribution in [-0.2, 0) is 19.6 Å². The number of carbonyl (C=O) groups excluding carboxylic acids is 1. The summed E-state index contributed by atoms with van der Waals surface area (Å²) in [5, 5.41) is 10.0. The van der Waals surface area contributed by atoms with Crippen LogP contribution in [0.5, 0.6) is 0 Å². The summed E-state index contributed by atoms with van der Waals surface area (Å²) in [6.07, 6.45) is 2.04. The molecule has 7 heteroatoms. The summed E-state index contributed by atoms with van der Waals surface area (Å²) >= 11 is 0. The zero-order valence-corrected chi connectivity index (χ0v) is 14.6. The number of sulfonamides is 1. The summed E-state index contributed by atoms with van der Waals surface area (Å²) < 4.78 is 32.2. The summed E-state index contributed by atoms with van der Waals surface area (Å²) in [7, 11) is -2.21. The summed E-state index contributed by atoms with van der Waals surface area (Å²) in [6.45, 7) is 5.43. The first-order valence-electron chi connectivity index (χ1n) is 7.68. The van der Waals surface area contributed by atoms with Crippen molar-refractivity contribution in [2.45, 2.75) is 45.6 Å². The van der Waals surface area contributed by atoms with Crippen molar-refractivity contribution in [2.75, 3.05) is 26.0 Å². The molecule has 0 heterocycles. The van der Waals surface area contributed by atoms with Crippen LogP contribution in [0.4, 0.5) is 0 Å². The number of nitrogens with one attached hydrogen (secondary N) is 1. The molecule has 2 N–H and O–H groups in total. The highest BCUT2D eigenvalue weighted by Crippen LogP contribution is 2.64. The lowest BCUT2D eigenvalue weighted by molar-refractivity contribution is -0.128. The predicted octanol–water partition coefficient (Wildman–Crippen LogP) is 0.699. The predicted molar refractivity (Wildman–Crippen MR) is 82.9 cm³/mol. The van der Waals surface area contributed by atoms with Gasteiger partial charge in [-0.25, -0.2) is 13.1 Å². The fourth-order valence-corrected chi connectivity index (χ4v) is 6.07. The van der Waals surface area contributed by atoms with Gasteiger partial charge in [-0.15, -0.1) is 0 Å². The van der Waals surface area contributed by atoms with Crippen molar-refractivity contribution in [3.8, 4) is 0 Å². The minimum absolute atomic E-state index is 0.0349. The second-order valence-electron chi connectivity index (χ2n) is 7.68. The molecule has 6 nitrogen and oxygen atoms in total. The molecule has 0 aromatic heterocycles. The van der Waals surface area contributed by atoms with Gasteiger partial charge in [0.1, 0.15) is 5.78 Å². The summed E-state index contributed by atoms with van der Waals surface area (Å²) in [4.78, 5) is 12.4. The molecule has 128 valence electrons. The highest BCUT2D eigenvalue weighted by molar-refractivity contribution is 7.89. The smallest absolute Gasteiger partial charge is 0.212 e. The molecule has 2 saturated carbocycles. The normalized spacial score (nSPS) is 33.1. The maximum absolute atomic E-state index is 12.4. The van der Waals surface area contributed by atoms with Gasteiger partial charge in [0.25, 0.3) is 0 Å². The zero-order valence-electron chi connectivity index (χ0n) is 13.8. The van der Waals surface area contributed by atoms with E-state index in [2.05, 4.69) is 4.72 Å². The van der Waals surface area contributed by atoms with Crippen LogP contribution in [0.1, 0.15) is 40.0 Å². The molecule has 0 amide bonds. The van der Waals surface area contributed by atoms with Crippen LogP contribution >= 0.6 is 0 Å². The summed E-state index contributed by atoms with van der Waals surface area (Å²) in [6, 6.07) is 0. The van der Waals surface area contributed by atoms with E-state index in [0.717, 1.165) is 6.42 Å². The number of fused-ring (bicyclic) bond motifs is 2.